The number of ether oxygens (including phenoxy) is 3. The summed E-state index contributed by atoms with van der Waals surface area (Å²) in [6.07, 6.45) is 1.67. The summed E-state index contributed by atoms with van der Waals surface area (Å²) in [5.74, 6) is 0.388. The van der Waals surface area contributed by atoms with Crippen molar-refractivity contribution in [3.05, 3.63) is 59.8 Å². The molecule has 0 spiro atoms. The molecule has 0 aromatic heterocycles. The van der Waals surface area contributed by atoms with Crippen LogP contribution in [0.25, 0.3) is 6.08 Å². The van der Waals surface area contributed by atoms with E-state index in [0.29, 0.717) is 36.0 Å². The third-order valence-corrected chi connectivity index (χ3v) is 4.96. The number of thiocarbonyl (C=S) groups is 1. The molecule has 1 amide bonds. The summed E-state index contributed by atoms with van der Waals surface area (Å²) in [6.45, 7) is 4.56. The highest BCUT2D eigenvalue weighted by Gasteiger charge is 2.40. The van der Waals surface area contributed by atoms with E-state index in [0.717, 1.165) is 0 Å². The first kappa shape index (κ1) is 22.3. The predicted molar refractivity (Wildman–Crippen MR) is 122 cm³/mol. The Morgan fingerprint density at radius 3 is 2.42 bits per heavy atom. The van der Waals surface area contributed by atoms with Gasteiger partial charge in [-0.2, -0.15) is 0 Å². The topological polar surface area (TPSA) is 68.3 Å². The number of methoxy groups -OCH3 is 1. The first-order chi connectivity index (χ1) is 15.0. The van der Waals surface area contributed by atoms with Crippen LogP contribution in [-0.2, 0) is 14.3 Å². The minimum Gasteiger partial charge on any atom is -0.494 e. The van der Waals surface area contributed by atoms with E-state index >= 15 is 0 Å². The van der Waals surface area contributed by atoms with Gasteiger partial charge in [0.25, 0.3) is 5.91 Å². The maximum Gasteiger partial charge on any atom is 0.325 e. The van der Waals surface area contributed by atoms with Crippen molar-refractivity contribution >= 4 is 41.0 Å². The number of benzene rings is 2. The van der Waals surface area contributed by atoms with E-state index in [1.807, 2.05) is 32.0 Å². The maximum absolute atomic E-state index is 13.4. The van der Waals surface area contributed by atoms with Gasteiger partial charge in [-0.1, -0.05) is 18.2 Å². The molecular weight excluding hydrogens is 416 g/mol. The molecule has 31 heavy (non-hydrogen) atoms. The smallest absolute Gasteiger partial charge is 0.325 e. The molecule has 2 aromatic rings. The molecule has 0 aliphatic carbocycles. The van der Waals surface area contributed by atoms with Crippen molar-refractivity contribution in [2.24, 2.45) is 0 Å². The van der Waals surface area contributed by atoms with E-state index < -0.39 is 5.97 Å². The third kappa shape index (κ3) is 4.86. The molecule has 0 unspecified atom stereocenters. The normalized spacial score (nSPS) is 14.9. The molecule has 0 atom stereocenters. The number of rotatable bonds is 8. The van der Waals surface area contributed by atoms with Crippen LogP contribution in [0.5, 0.6) is 11.5 Å². The number of carbonyl (C=O) groups is 2. The fourth-order valence-corrected chi connectivity index (χ4v) is 3.50. The second kappa shape index (κ2) is 10.1. The monoisotopic (exact) mass is 440 g/mol. The maximum atomic E-state index is 13.4. The van der Waals surface area contributed by atoms with Gasteiger partial charge < -0.3 is 19.1 Å². The Bertz CT molecular complexity index is 1010. The van der Waals surface area contributed by atoms with Crippen molar-refractivity contribution < 1.29 is 23.8 Å². The zero-order chi connectivity index (χ0) is 22.4. The molecule has 1 saturated heterocycles. The van der Waals surface area contributed by atoms with Crippen LogP contribution in [0.1, 0.15) is 19.4 Å². The highest BCUT2D eigenvalue weighted by molar-refractivity contribution is 7.80. The van der Waals surface area contributed by atoms with Crippen molar-refractivity contribution in [3.8, 4) is 11.5 Å². The average Bonchev–Trinajstić information content (AvgIpc) is 3.00. The van der Waals surface area contributed by atoms with Crippen molar-refractivity contribution in [1.29, 1.82) is 0 Å². The van der Waals surface area contributed by atoms with Crippen LogP contribution in [0.15, 0.2) is 54.2 Å². The Morgan fingerprint density at radius 1 is 1.06 bits per heavy atom. The fourth-order valence-electron chi connectivity index (χ4n) is 3.15. The Balaban J connectivity index is 2.07. The van der Waals surface area contributed by atoms with Gasteiger partial charge in [0, 0.05) is 11.6 Å². The lowest BCUT2D eigenvalue weighted by atomic mass is 10.1. The molecule has 1 heterocycles. The van der Waals surface area contributed by atoms with Crippen molar-refractivity contribution in [3.63, 3.8) is 0 Å². The quantitative estimate of drug-likeness (QED) is 0.353. The fraction of sp³-hybridized carbons (Fsp3) is 0.261. The zero-order valence-electron chi connectivity index (χ0n) is 17.7. The second-order valence-corrected chi connectivity index (χ2v) is 6.88. The Labute approximate surface area is 186 Å². The Kier molecular flexibility index (Phi) is 7.25. The molecule has 7 nitrogen and oxygen atoms in total. The summed E-state index contributed by atoms with van der Waals surface area (Å²) in [5.41, 5.74) is 1.54. The van der Waals surface area contributed by atoms with Crippen LogP contribution in [-0.4, -0.2) is 48.8 Å². The van der Waals surface area contributed by atoms with Crippen molar-refractivity contribution in [2.45, 2.75) is 13.8 Å². The molecule has 1 fully saturated rings. The van der Waals surface area contributed by atoms with Crippen LogP contribution in [0.2, 0.25) is 0 Å². The van der Waals surface area contributed by atoms with Gasteiger partial charge in [0.05, 0.1) is 26.0 Å². The number of anilines is 1. The Hall–Kier alpha value is -3.39. The summed E-state index contributed by atoms with van der Waals surface area (Å²) >= 11 is 5.55. The van der Waals surface area contributed by atoms with Crippen LogP contribution >= 0.6 is 12.2 Å². The van der Waals surface area contributed by atoms with Gasteiger partial charge in [-0.05, 0) is 56.4 Å². The minimum absolute atomic E-state index is 0.183. The number of esters is 1. The molecular formula is C23H24N2O5S. The predicted octanol–water partition coefficient (Wildman–Crippen LogP) is 3.63. The summed E-state index contributed by atoms with van der Waals surface area (Å²) in [6, 6.07) is 14.4. The van der Waals surface area contributed by atoms with E-state index in [4.69, 9.17) is 26.4 Å². The molecule has 162 valence electrons. The number of hydrogen-bond donors (Lipinski definition) is 0. The van der Waals surface area contributed by atoms with Crippen LogP contribution in [0.3, 0.4) is 0 Å². The number of amides is 1. The molecule has 1 aliphatic rings. The lowest BCUT2D eigenvalue weighted by molar-refractivity contribution is -0.140. The third-order valence-electron chi connectivity index (χ3n) is 4.55. The largest absolute Gasteiger partial charge is 0.494 e. The minimum atomic E-state index is -0.507. The molecule has 2 aromatic carbocycles. The highest BCUT2D eigenvalue weighted by Crippen LogP contribution is 2.32. The lowest BCUT2D eigenvalue weighted by Crippen LogP contribution is -2.35. The average molecular weight is 441 g/mol. The van der Waals surface area contributed by atoms with Gasteiger partial charge in [-0.25, -0.2) is 0 Å². The Morgan fingerprint density at radius 2 is 1.77 bits per heavy atom. The zero-order valence-corrected chi connectivity index (χ0v) is 18.5. The van der Waals surface area contributed by atoms with Gasteiger partial charge in [0.2, 0.25) is 0 Å². The SMILES string of the molecule is CCOc1ccc(C=C2C(=O)N(c3ccccc3)C(=S)N2CC(=O)OC)c(OCC)c1. The van der Waals surface area contributed by atoms with Crippen molar-refractivity contribution in [2.75, 3.05) is 31.8 Å². The van der Waals surface area contributed by atoms with E-state index in [9.17, 15) is 9.59 Å². The number of hydrogen-bond acceptors (Lipinski definition) is 6. The van der Waals surface area contributed by atoms with Gasteiger partial charge >= 0.3 is 5.97 Å². The first-order valence-electron chi connectivity index (χ1n) is 9.89. The van der Waals surface area contributed by atoms with E-state index in [-0.39, 0.29) is 23.3 Å². The van der Waals surface area contributed by atoms with Crippen LogP contribution in [0.4, 0.5) is 5.69 Å². The second-order valence-electron chi connectivity index (χ2n) is 6.52. The van der Waals surface area contributed by atoms with Crippen LogP contribution in [0, 0.1) is 0 Å². The summed E-state index contributed by atoms with van der Waals surface area (Å²) in [5, 5.41) is 0.205. The van der Waals surface area contributed by atoms with Crippen LogP contribution < -0.4 is 14.4 Å². The summed E-state index contributed by atoms with van der Waals surface area (Å²) < 4.78 is 16.1. The highest BCUT2D eigenvalue weighted by atomic mass is 32.1. The molecule has 8 heteroatoms. The molecule has 3 rings (SSSR count). The summed E-state index contributed by atoms with van der Waals surface area (Å²) in [4.78, 5) is 28.3. The number of carbonyl (C=O) groups excluding carboxylic acids is 2. The van der Waals surface area contributed by atoms with E-state index in [1.54, 1.807) is 36.4 Å². The van der Waals surface area contributed by atoms with Gasteiger partial charge in [0.1, 0.15) is 23.7 Å². The lowest BCUT2D eigenvalue weighted by Gasteiger charge is -2.19. The standard InChI is InChI=1S/C23H24N2O5S/c1-4-29-18-12-11-16(20(14-18)30-5-2)13-19-22(27)25(17-9-7-6-8-10-17)23(31)24(19)15-21(26)28-3/h6-14H,4-5,15H2,1-3H3. The van der Waals surface area contributed by atoms with E-state index in [2.05, 4.69) is 0 Å². The molecule has 0 bridgehead atoms. The van der Waals surface area contributed by atoms with Gasteiger partial charge in [-0.15, -0.1) is 0 Å². The molecule has 0 N–H and O–H groups in total. The molecule has 0 radical (unpaired) electrons. The molecule has 1 aliphatic heterocycles. The number of para-hydroxylation sites is 1. The number of nitrogens with zero attached hydrogens (tertiary/aromatic N) is 2. The first-order valence-corrected chi connectivity index (χ1v) is 10.3. The molecule has 0 saturated carbocycles. The van der Waals surface area contributed by atoms with Gasteiger partial charge in [0.15, 0.2) is 5.11 Å². The van der Waals surface area contributed by atoms with E-state index in [1.165, 1.54) is 16.9 Å². The van der Waals surface area contributed by atoms with Crippen molar-refractivity contribution in [1.82, 2.24) is 4.90 Å². The summed E-state index contributed by atoms with van der Waals surface area (Å²) in [7, 11) is 1.29. The van der Waals surface area contributed by atoms with Gasteiger partial charge in [-0.3, -0.25) is 14.5 Å².